The van der Waals surface area contributed by atoms with E-state index in [1.807, 2.05) is 66.7 Å². The van der Waals surface area contributed by atoms with Crippen molar-refractivity contribution >= 4 is 66.1 Å². The van der Waals surface area contributed by atoms with Crippen molar-refractivity contribution in [1.82, 2.24) is 24.9 Å². The molecular formula is C37H19N5O3. The molecule has 0 radical (unpaired) electrons. The van der Waals surface area contributed by atoms with Crippen LogP contribution < -0.4 is 0 Å². The van der Waals surface area contributed by atoms with Gasteiger partial charge in [-0.15, -0.1) is 0 Å². The Labute approximate surface area is 253 Å². The average molecular weight is 582 g/mol. The standard InChI is InChI=1S/C37H19N5O3/c1-3-32-34(38-13-1)26-16-21(6-10-30(26)44-32)20-5-9-28-24(15-20)25-17-22(7-11-29(25)43-28)36-40-19-41-37(42-36)23-8-12-31-27(18-23)35-33(45-31)4-2-14-39-35/h1-19H. The third-order valence-corrected chi connectivity index (χ3v) is 8.34. The van der Waals surface area contributed by atoms with E-state index < -0.39 is 0 Å². The minimum Gasteiger partial charge on any atom is -0.456 e. The SMILES string of the molecule is c1cnc2c(c1)oc1ccc(-c3ccc4oc5ccc(-c6ncnc(-c7ccc8oc9cccnc9c8c7)n6)cc5c4c3)cc12. The highest BCUT2D eigenvalue weighted by Gasteiger charge is 2.15. The summed E-state index contributed by atoms with van der Waals surface area (Å²) in [6.45, 7) is 0. The van der Waals surface area contributed by atoms with Crippen LogP contribution in [0.25, 0.3) is 100.0 Å². The molecule has 0 aliphatic rings. The zero-order chi connectivity index (χ0) is 29.5. The summed E-state index contributed by atoms with van der Waals surface area (Å²) in [7, 11) is 0. The van der Waals surface area contributed by atoms with Gasteiger partial charge in [0, 0.05) is 45.1 Å². The molecule has 0 unspecified atom stereocenters. The molecule has 0 saturated carbocycles. The number of pyridine rings is 2. The number of benzene rings is 4. The molecule has 0 atom stereocenters. The van der Waals surface area contributed by atoms with Gasteiger partial charge in [-0.05, 0) is 96.1 Å². The number of fused-ring (bicyclic) bond motifs is 9. The molecule has 0 aliphatic carbocycles. The first kappa shape index (κ1) is 24.1. The molecule has 6 heterocycles. The van der Waals surface area contributed by atoms with Crippen LogP contribution in [0, 0.1) is 0 Å². The molecule has 0 spiro atoms. The largest absolute Gasteiger partial charge is 0.456 e. The smallest absolute Gasteiger partial charge is 0.163 e. The monoisotopic (exact) mass is 581 g/mol. The molecule has 8 nitrogen and oxygen atoms in total. The molecule has 0 aliphatic heterocycles. The highest BCUT2D eigenvalue weighted by Crippen LogP contribution is 2.37. The van der Waals surface area contributed by atoms with Crippen molar-refractivity contribution in [2.24, 2.45) is 0 Å². The van der Waals surface area contributed by atoms with Gasteiger partial charge in [-0.2, -0.15) is 0 Å². The van der Waals surface area contributed by atoms with E-state index in [-0.39, 0.29) is 0 Å². The van der Waals surface area contributed by atoms with Crippen LogP contribution in [-0.2, 0) is 0 Å². The van der Waals surface area contributed by atoms with E-state index in [0.29, 0.717) is 11.6 Å². The van der Waals surface area contributed by atoms with Crippen molar-refractivity contribution in [3.8, 4) is 33.9 Å². The summed E-state index contributed by atoms with van der Waals surface area (Å²) in [6.07, 6.45) is 5.10. The highest BCUT2D eigenvalue weighted by molar-refractivity contribution is 6.09. The zero-order valence-corrected chi connectivity index (χ0v) is 23.4. The van der Waals surface area contributed by atoms with Crippen LogP contribution in [0.15, 0.2) is 129 Å². The lowest BCUT2D eigenvalue weighted by Gasteiger charge is -2.04. The van der Waals surface area contributed by atoms with Crippen molar-refractivity contribution in [3.63, 3.8) is 0 Å². The maximum atomic E-state index is 6.22. The molecule has 10 rings (SSSR count). The van der Waals surface area contributed by atoms with Gasteiger partial charge in [0.15, 0.2) is 22.8 Å². The van der Waals surface area contributed by atoms with E-state index in [1.165, 1.54) is 0 Å². The van der Waals surface area contributed by atoms with Crippen LogP contribution in [0.5, 0.6) is 0 Å². The summed E-state index contributed by atoms with van der Waals surface area (Å²) >= 11 is 0. The van der Waals surface area contributed by atoms with Gasteiger partial charge in [0.1, 0.15) is 39.7 Å². The number of aromatic nitrogens is 5. The first-order chi connectivity index (χ1) is 22.2. The number of rotatable bonds is 3. The quantitative estimate of drug-likeness (QED) is 0.203. The molecule has 10 aromatic rings. The van der Waals surface area contributed by atoms with Crippen LogP contribution in [0.1, 0.15) is 0 Å². The number of hydrogen-bond acceptors (Lipinski definition) is 8. The average Bonchev–Trinajstić information content (AvgIpc) is 3.78. The van der Waals surface area contributed by atoms with E-state index in [4.69, 9.17) is 18.2 Å². The van der Waals surface area contributed by atoms with Gasteiger partial charge < -0.3 is 13.3 Å². The van der Waals surface area contributed by atoms with Crippen molar-refractivity contribution in [3.05, 3.63) is 116 Å². The lowest BCUT2D eigenvalue weighted by Crippen LogP contribution is -1.95. The molecule has 45 heavy (non-hydrogen) atoms. The Hall–Kier alpha value is -6.41. The summed E-state index contributed by atoms with van der Waals surface area (Å²) in [5.74, 6) is 1.15. The first-order valence-corrected chi connectivity index (χ1v) is 14.5. The van der Waals surface area contributed by atoms with Crippen LogP contribution in [0.4, 0.5) is 0 Å². The van der Waals surface area contributed by atoms with Crippen molar-refractivity contribution in [2.45, 2.75) is 0 Å². The Kier molecular flexibility index (Phi) is 4.84. The molecular weight excluding hydrogens is 562 g/mol. The molecule has 8 heteroatoms. The van der Waals surface area contributed by atoms with E-state index >= 15 is 0 Å². The summed E-state index contributed by atoms with van der Waals surface area (Å²) < 4.78 is 18.1. The second-order valence-electron chi connectivity index (χ2n) is 11.0. The highest BCUT2D eigenvalue weighted by atomic mass is 16.3. The lowest BCUT2D eigenvalue weighted by molar-refractivity contribution is 0.668. The predicted octanol–water partition coefficient (Wildman–Crippen LogP) is 9.36. The van der Waals surface area contributed by atoms with Crippen LogP contribution >= 0.6 is 0 Å². The number of furan rings is 3. The molecule has 0 fully saturated rings. The van der Waals surface area contributed by atoms with Crippen molar-refractivity contribution in [2.75, 3.05) is 0 Å². The topological polar surface area (TPSA) is 104 Å². The maximum Gasteiger partial charge on any atom is 0.163 e. The number of nitrogens with zero attached hydrogens (tertiary/aromatic N) is 5. The summed E-state index contributed by atoms with van der Waals surface area (Å²) in [4.78, 5) is 22.9. The van der Waals surface area contributed by atoms with Gasteiger partial charge in [0.05, 0.1) is 0 Å². The second-order valence-corrected chi connectivity index (χ2v) is 11.0. The molecule has 210 valence electrons. The normalized spacial score (nSPS) is 12.0. The van der Waals surface area contributed by atoms with Gasteiger partial charge in [-0.3, -0.25) is 9.97 Å². The van der Waals surface area contributed by atoms with Crippen LogP contribution in [0.3, 0.4) is 0 Å². The molecule has 6 aromatic heterocycles. The van der Waals surface area contributed by atoms with E-state index in [2.05, 4.69) is 50.3 Å². The maximum absolute atomic E-state index is 6.22. The molecule has 0 bridgehead atoms. The summed E-state index contributed by atoms with van der Waals surface area (Å²) in [5, 5.41) is 3.91. The van der Waals surface area contributed by atoms with Gasteiger partial charge in [0.2, 0.25) is 0 Å². The fourth-order valence-electron chi connectivity index (χ4n) is 6.18. The Morgan fingerprint density at radius 2 is 0.800 bits per heavy atom. The minimum absolute atomic E-state index is 0.572. The van der Waals surface area contributed by atoms with Crippen molar-refractivity contribution in [1.29, 1.82) is 0 Å². The Morgan fingerprint density at radius 3 is 1.36 bits per heavy atom. The first-order valence-electron chi connectivity index (χ1n) is 14.5. The van der Waals surface area contributed by atoms with Gasteiger partial charge >= 0.3 is 0 Å². The summed E-state index contributed by atoms with van der Waals surface area (Å²) in [6, 6.07) is 32.0. The van der Waals surface area contributed by atoms with Gasteiger partial charge in [0.25, 0.3) is 0 Å². The summed E-state index contributed by atoms with van der Waals surface area (Å²) in [5.41, 5.74) is 10.3. The molecule has 0 N–H and O–H groups in total. The zero-order valence-electron chi connectivity index (χ0n) is 23.4. The third kappa shape index (κ3) is 3.69. The fraction of sp³-hybridized carbons (Fsp3) is 0. The molecule has 0 saturated heterocycles. The Balaban J connectivity index is 1.07. The third-order valence-electron chi connectivity index (χ3n) is 8.34. The predicted molar refractivity (Wildman–Crippen MR) is 174 cm³/mol. The van der Waals surface area contributed by atoms with Gasteiger partial charge in [-0.1, -0.05) is 12.1 Å². The van der Waals surface area contributed by atoms with Crippen LogP contribution in [0.2, 0.25) is 0 Å². The fourth-order valence-corrected chi connectivity index (χ4v) is 6.18. The Bertz CT molecular complexity index is 2790. The Morgan fingerprint density at radius 1 is 0.378 bits per heavy atom. The minimum atomic E-state index is 0.572. The van der Waals surface area contributed by atoms with E-state index in [1.54, 1.807) is 18.7 Å². The number of hydrogen-bond donors (Lipinski definition) is 0. The van der Waals surface area contributed by atoms with E-state index in [0.717, 1.165) is 88.3 Å². The van der Waals surface area contributed by atoms with E-state index in [9.17, 15) is 0 Å². The van der Waals surface area contributed by atoms with Crippen molar-refractivity contribution < 1.29 is 13.3 Å². The molecule has 4 aromatic carbocycles. The molecule has 0 amide bonds. The van der Waals surface area contributed by atoms with Gasteiger partial charge in [-0.25, -0.2) is 15.0 Å². The second kappa shape index (κ2) is 9.05. The van der Waals surface area contributed by atoms with Crippen LogP contribution in [-0.4, -0.2) is 24.9 Å². The lowest BCUT2D eigenvalue weighted by atomic mass is 10.0.